The van der Waals surface area contributed by atoms with Crippen molar-refractivity contribution in [1.82, 2.24) is 15.2 Å². The first-order chi connectivity index (χ1) is 18.9. The molecule has 1 fully saturated rings. The average Bonchev–Trinajstić information content (AvgIpc) is 3.33. The molecule has 40 heavy (non-hydrogen) atoms. The van der Waals surface area contributed by atoms with E-state index in [0.29, 0.717) is 41.9 Å². The lowest BCUT2D eigenvalue weighted by Gasteiger charge is -2.35. The van der Waals surface area contributed by atoms with Crippen LogP contribution < -0.4 is 21.9 Å². The Bertz CT molecular complexity index is 1540. The number of hydrogen-bond acceptors (Lipinski definition) is 5. The van der Waals surface area contributed by atoms with E-state index in [-0.39, 0.29) is 36.2 Å². The molecule has 2 amide bonds. The molecule has 5 rings (SSSR count). The van der Waals surface area contributed by atoms with Gasteiger partial charge in [0, 0.05) is 30.4 Å². The summed E-state index contributed by atoms with van der Waals surface area (Å²) in [6.45, 7) is 2.62. The average molecular weight is 563 g/mol. The number of carbonyl (C=O) groups excluding carboxylic acids is 2. The summed E-state index contributed by atoms with van der Waals surface area (Å²) in [5.74, 6) is -0.530. The van der Waals surface area contributed by atoms with Crippen LogP contribution in [0.15, 0.2) is 65.7 Å². The molecule has 1 atom stereocenters. The summed E-state index contributed by atoms with van der Waals surface area (Å²) in [4.78, 5) is 44.8. The smallest absolute Gasteiger partial charge is 0.271 e. The molecule has 10 heteroatoms. The van der Waals surface area contributed by atoms with Crippen LogP contribution >= 0.6 is 12.4 Å². The number of anilines is 1. The Balaban J connectivity index is 0.00000370. The highest BCUT2D eigenvalue weighted by molar-refractivity contribution is 6.03. The zero-order valence-electron chi connectivity index (χ0n) is 22.4. The Morgan fingerprint density at radius 1 is 1.05 bits per heavy atom. The lowest BCUT2D eigenvalue weighted by molar-refractivity contribution is -0.127. The number of pyridine rings is 1. The lowest BCUT2D eigenvalue weighted by atomic mass is 9.81. The van der Waals surface area contributed by atoms with Crippen molar-refractivity contribution < 1.29 is 9.59 Å². The third-order valence-corrected chi connectivity index (χ3v) is 7.96. The third kappa shape index (κ3) is 5.95. The monoisotopic (exact) mass is 562 g/mol. The minimum Gasteiger partial charge on any atom is -0.368 e. The molecule has 1 aliphatic rings. The van der Waals surface area contributed by atoms with Crippen LogP contribution in [-0.4, -0.2) is 39.6 Å². The molecule has 9 nitrogen and oxygen atoms in total. The summed E-state index contributed by atoms with van der Waals surface area (Å²) in [7, 11) is 0. The topological polar surface area (TPSA) is 151 Å². The van der Waals surface area contributed by atoms with E-state index < -0.39 is 11.9 Å². The Morgan fingerprint density at radius 2 is 1.77 bits per heavy atom. The molecular weight excluding hydrogens is 528 g/mol. The van der Waals surface area contributed by atoms with E-state index in [2.05, 4.69) is 15.2 Å². The third-order valence-electron chi connectivity index (χ3n) is 7.96. The number of H-pyrrole nitrogens is 2. The van der Waals surface area contributed by atoms with E-state index in [9.17, 15) is 14.4 Å². The summed E-state index contributed by atoms with van der Waals surface area (Å²) < 4.78 is 0. The maximum Gasteiger partial charge on any atom is 0.271 e. The predicted octanol–water partition coefficient (Wildman–Crippen LogP) is 3.84. The Labute approximate surface area is 238 Å². The van der Waals surface area contributed by atoms with Crippen LogP contribution in [0.4, 0.5) is 5.69 Å². The molecule has 0 saturated heterocycles. The van der Waals surface area contributed by atoms with Crippen molar-refractivity contribution >= 4 is 40.8 Å². The van der Waals surface area contributed by atoms with Gasteiger partial charge in [0.05, 0.1) is 10.9 Å². The van der Waals surface area contributed by atoms with E-state index >= 15 is 0 Å². The normalized spacial score (nSPS) is 17.6. The summed E-state index contributed by atoms with van der Waals surface area (Å²) in [5, 5.41) is 5.90. The first kappa shape index (κ1) is 29.0. The van der Waals surface area contributed by atoms with Crippen LogP contribution in [0.3, 0.4) is 0 Å². The van der Waals surface area contributed by atoms with Gasteiger partial charge in [-0.05, 0) is 91.6 Å². The molecule has 1 saturated carbocycles. The molecule has 0 unspecified atom stereocenters. The van der Waals surface area contributed by atoms with Crippen LogP contribution in [0.1, 0.15) is 36.8 Å². The Morgan fingerprint density at radius 3 is 2.42 bits per heavy atom. The van der Waals surface area contributed by atoms with Gasteiger partial charge in [0.25, 0.3) is 5.56 Å². The molecule has 0 spiro atoms. The number of nitrogens with two attached hydrogens (primary N) is 2. The number of aromatic amines is 2. The zero-order chi connectivity index (χ0) is 27.5. The molecular formula is C30H35ClN6O3. The number of nitrogens with one attached hydrogen (secondary N) is 2. The van der Waals surface area contributed by atoms with Gasteiger partial charge in [0.15, 0.2) is 0 Å². The van der Waals surface area contributed by atoms with Crippen molar-refractivity contribution in [3.63, 3.8) is 0 Å². The second-order valence-electron chi connectivity index (χ2n) is 10.5. The van der Waals surface area contributed by atoms with E-state index in [1.54, 1.807) is 29.3 Å². The number of nitrogens with zero attached hydrogens (tertiary/aromatic N) is 2. The fourth-order valence-corrected chi connectivity index (χ4v) is 5.64. The van der Waals surface area contributed by atoms with Crippen LogP contribution in [0, 0.1) is 18.8 Å². The van der Waals surface area contributed by atoms with Crippen LogP contribution in [0.5, 0.6) is 0 Å². The lowest BCUT2D eigenvalue weighted by Crippen LogP contribution is -2.52. The van der Waals surface area contributed by atoms with Gasteiger partial charge in [0.2, 0.25) is 11.8 Å². The molecule has 2 aromatic heterocycles. The zero-order valence-corrected chi connectivity index (χ0v) is 23.2. The van der Waals surface area contributed by atoms with Crippen LogP contribution in [0.2, 0.25) is 0 Å². The number of aromatic nitrogens is 3. The minimum atomic E-state index is -0.902. The molecule has 0 bridgehead atoms. The molecule has 2 aromatic carbocycles. The standard InChI is InChI=1S/C30H34N6O3.ClH/c1-18-17-33-13-12-24(18)21-6-2-19(3-7-21)14-27(28(32)37)36(30(39)22-8-4-20(16-31)5-9-22)23-10-11-25-26(15-23)34-35-29(25)38;/h2-3,6-7,10-13,15,17,20,22,27H,4-5,8-9,14,16,31H2,1H3,(H2,32,37)(H2,34,35,38);1H/t20?,22?,27-;/m0./s1. The van der Waals surface area contributed by atoms with Crippen molar-refractivity contribution in [2.24, 2.45) is 23.3 Å². The van der Waals surface area contributed by atoms with E-state index in [1.807, 2.05) is 43.5 Å². The van der Waals surface area contributed by atoms with Crippen molar-refractivity contribution in [2.45, 2.75) is 45.1 Å². The molecule has 2 heterocycles. The molecule has 4 aromatic rings. The van der Waals surface area contributed by atoms with E-state index in [0.717, 1.165) is 35.1 Å². The molecule has 6 N–H and O–H groups in total. The maximum atomic E-state index is 14.0. The number of amides is 2. The first-order valence-electron chi connectivity index (χ1n) is 13.4. The Kier molecular flexibility index (Phi) is 9.07. The van der Waals surface area contributed by atoms with Crippen molar-refractivity contribution in [3.05, 3.63) is 82.4 Å². The number of carbonyl (C=O) groups is 2. The van der Waals surface area contributed by atoms with Crippen molar-refractivity contribution in [2.75, 3.05) is 11.4 Å². The molecule has 1 aliphatic carbocycles. The summed E-state index contributed by atoms with van der Waals surface area (Å²) >= 11 is 0. The SMILES string of the molecule is Cc1cnccc1-c1ccc(C[C@@H](C(N)=O)N(C(=O)C2CCC(CN)CC2)c2ccc3c(=O)[nH][nH]c3c2)cc1.Cl. The predicted molar refractivity (Wildman–Crippen MR) is 159 cm³/mol. The number of hydrogen-bond donors (Lipinski definition) is 4. The second kappa shape index (κ2) is 12.5. The van der Waals surface area contributed by atoms with Crippen LogP contribution in [0.25, 0.3) is 22.0 Å². The fraction of sp³-hybridized carbons (Fsp3) is 0.333. The number of aryl methyl sites for hydroxylation is 1. The Hall–Kier alpha value is -3.95. The number of fused-ring (bicyclic) bond motifs is 1. The number of primary amides is 1. The van der Waals surface area contributed by atoms with Crippen molar-refractivity contribution in [1.29, 1.82) is 0 Å². The summed E-state index contributed by atoms with van der Waals surface area (Å²) in [6.07, 6.45) is 7.03. The fourth-order valence-electron chi connectivity index (χ4n) is 5.64. The highest BCUT2D eigenvalue weighted by Gasteiger charge is 2.36. The van der Waals surface area contributed by atoms with Crippen LogP contribution in [-0.2, 0) is 16.0 Å². The van der Waals surface area contributed by atoms with Gasteiger partial charge < -0.3 is 11.5 Å². The number of rotatable bonds is 8. The highest BCUT2D eigenvalue weighted by Crippen LogP contribution is 2.33. The van der Waals surface area contributed by atoms with Gasteiger partial charge in [-0.15, -0.1) is 12.4 Å². The minimum absolute atomic E-state index is 0. The molecule has 0 aliphatic heterocycles. The van der Waals surface area contributed by atoms with Gasteiger partial charge in [-0.2, -0.15) is 0 Å². The quantitative estimate of drug-likeness (QED) is 0.257. The molecule has 210 valence electrons. The van der Waals surface area contributed by atoms with Crippen molar-refractivity contribution in [3.8, 4) is 11.1 Å². The van der Waals surface area contributed by atoms with Gasteiger partial charge in [-0.25, -0.2) is 0 Å². The van der Waals surface area contributed by atoms with E-state index in [4.69, 9.17) is 11.5 Å². The summed E-state index contributed by atoms with van der Waals surface area (Å²) in [6, 6.07) is 14.1. The largest absolute Gasteiger partial charge is 0.368 e. The number of benzene rings is 2. The highest BCUT2D eigenvalue weighted by atomic mass is 35.5. The molecule has 0 radical (unpaired) electrons. The number of halogens is 1. The van der Waals surface area contributed by atoms with E-state index in [1.165, 1.54) is 0 Å². The summed E-state index contributed by atoms with van der Waals surface area (Å²) in [5.41, 5.74) is 16.8. The van der Waals surface area contributed by atoms with Gasteiger partial charge in [0.1, 0.15) is 6.04 Å². The van der Waals surface area contributed by atoms with Gasteiger partial charge in [-0.3, -0.25) is 34.5 Å². The van der Waals surface area contributed by atoms with Gasteiger partial charge in [-0.1, -0.05) is 24.3 Å². The van der Waals surface area contributed by atoms with Gasteiger partial charge >= 0.3 is 0 Å². The second-order valence-corrected chi connectivity index (χ2v) is 10.5. The maximum absolute atomic E-state index is 14.0. The first-order valence-corrected chi connectivity index (χ1v) is 13.4.